The average molecular weight is 245 g/mol. The minimum absolute atomic E-state index is 0.113. The van der Waals surface area contributed by atoms with E-state index < -0.39 is 0 Å². The molecule has 0 spiro atoms. The van der Waals surface area contributed by atoms with Crippen molar-refractivity contribution >= 4 is 0 Å². The second kappa shape index (κ2) is 3.94. The van der Waals surface area contributed by atoms with Gasteiger partial charge in [0.05, 0.1) is 0 Å². The second-order valence-corrected chi connectivity index (χ2v) is 8.77. The fourth-order valence-electron chi connectivity index (χ4n) is 0. The topological polar surface area (TPSA) is 0 Å². The SMILES string of the molecule is C[CH2][Hg][CH3]. The van der Waals surface area contributed by atoms with Crippen molar-refractivity contribution in [1.82, 2.24) is 0 Å². The summed E-state index contributed by atoms with van der Waals surface area (Å²) in [6.07, 6.45) is 0. The van der Waals surface area contributed by atoms with Crippen LogP contribution >= 0.6 is 0 Å². The summed E-state index contributed by atoms with van der Waals surface area (Å²) in [7, 11) is 0. The van der Waals surface area contributed by atoms with Crippen LogP contribution < -0.4 is 0 Å². The second-order valence-electron chi connectivity index (χ2n) is 1.000. The third-order valence-corrected chi connectivity index (χ3v) is 4.39. The molecule has 0 rings (SSSR count). The molecule has 0 saturated carbocycles. The first kappa shape index (κ1) is 4.94. The van der Waals surface area contributed by atoms with Crippen molar-refractivity contribution in [3.05, 3.63) is 0 Å². The molecule has 0 unspecified atom stereocenters. The van der Waals surface area contributed by atoms with Crippen LogP contribution in [0.1, 0.15) is 6.92 Å². The molecule has 0 radical (unpaired) electrons. The van der Waals surface area contributed by atoms with Crippen molar-refractivity contribution < 1.29 is 24.6 Å². The van der Waals surface area contributed by atoms with Crippen molar-refractivity contribution in [2.75, 3.05) is 0 Å². The molecule has 0 heterocycles. The van der Waals surface area contributed by atoms with Crippen LogP contribution in [0.3, 0.4) is 0 Å². The van der Waals surface area contributed by atoms with E-state index in [1.165, 1.54) is 0 Å². The molecule has 0 amide bonds. The Balaban J connectivity index is 1.97. The van der Waals surface area contributed by atoms with Crippen molar-refractivity contribution in [3.8, 4) is 0 Å². The maximum absolute atomic E-state index is 2.40. The van der Waals surface area contributed by atoms with Gasteiger partial charge in [0.1, 0.15) is 0 Å². The third kappa shape index (κ3) is 2.94. The molecule has 0 aliphatic carbocycles. The molecule has 0 aliphatic rings. The molecule has 22 valence electrons. The van der Waals surface area contributed by atoms with E-state index in [0.29, 0.717) is 0 Å². The molecule has 0 bridgehead atoms. The van der Waals surface area contributed by atoms with Gasteiger partial charge in [0, 0.05) is 0 Å². The van der Waals surface area contributed by atoms with Crippen LogP contribution in [-0.4, -0.2) is 0 Å². The molecule has 0 fully saturated rings. The number of rotatable bonds is 1. The molecule has 0 aromatic heterocycles. The van der Waals surface area contributed by atoms with Crippen molar-refractivity contribution in [3.63, 3.8) is 0 Å². The van der Waals surface area contributed by atoms with Crippen molar-refractivity contribution in [2.45, 2.75) is 15.3 Å². The van der Waals surface area contributed by atoms with Gasteiger partial charge in [-0.3, -0.25) is 0 Å². The molecule has 0 saturated heterocycles. The summed E-state index contributed by atoms with van der Waals surface area (Å²) in [6.45, 7) is 2.28. The molecular weight excluding hydrogens is 237 g/mol. The van der Waals surface area contributed by atoms with E-state index in [1.54, 1.807) is 3.93 Å². The van der Waals surface area contributed by atoms with E-state index in [2.05, 4.69) is 11.4 Å². The van der Waals surface area contributed by atoms with Gasteiger partial charge in [0.15, 0.2) is 0 Å². The van der Waals surface area contributed by atoms with Gasteiger partial charge in [-0.05, 0) is 0 Å². The van der Waals surface area contributed by atoms with Gasteiger partial charge in [0.2, 0.25) is 0 Å². The molecule has 0 nitrogen and oxygen atoms in total. The molecule has 0 aromatic rings. The fourth-order valence-corrected chi connectivity index (χ4v) is 0. The van der Waals surface area contributed by atoms with Crippen molar-refractivity contribution in [1.29, 1.82) is 0 Å². The first-order valence-corrected chi connectivity index (χ1v) is 11.3. The van der Waals surface area contributed by atoms with Gasteiger partial charge in [-0.15, -0.1) is 0 Å². The van der Waals surface area contributed by atoms with E-state index in [9.17, 15) is 0 Å². The standard InChI is InChI=1S/C2H5.CH3.Hg/c1-2;;/h1H2,2H3;1H3;. The van der Waals surface area contributed by atoms with E-state index in [1.807, 2.05) is 0 Å². The molecule has 0 atom stereocenters. The molecule has 0 N–H and O–H groups in total. The van der Waals surface area contributed by atoms with Crippen LogP contribution in [0.5, 0.6) is 0 Å². The maximum atomic E-state index is 2.40. The Morgan fingerprint density at radius 2 is 2.00 bits per heavy atom. The Kier molecular flexibility index (Phi) is 4.85. The van der Waals surface area contributed by atoms with Gasteiger partial charge in [-0.1, -0.05) is 0 Å². The minimum atomic E-state index is -0.113. The fraction of sp³-hybridized carbons (Fsp3) is 1.00. The summed E-state index contributed by atoms with van der Waals surface area (Å²) in [5.74, 6) is 0. The van der Waals surface area contributed by atoms with Gasteiger partial charge in [-0.2, -0.15) is 0 Å². The van der Waals surface area contributed by atoms with E-state index in [-0.39, 0.29) is 24.6 Å². The average Bonchev–Trinajstić information content (AvgIpc) is 1.37. The quantitative estimate of drug-likeness (QED) is 0.614. The van der Waals surface area contributed by atoms with Gasteiger partial charge >= 0.3 is 39.9 Å². The summed E-state index contributed by atoms with van der Waals surface area (Å²) in [4.78, 5) is 0. The van der Waals surface area contributed by atoms with Crippen LogP contribution in [0, 0.1) is 0 Å². The van der Waals surface area contributed by atoms with E-state index >= 15 is 0 Å². The summed E-state index contributed by atoms with van der Waals surface area (Å²) < 4.78 is 3.94. The Morgan fingerprint density at radius 1 is 1.75 bits per heavy atom. The summed E-state index contributed by atoms with van der Waals surface area (Å²) in [6, 6.07) is 0. The Labute approximate surface area is 40.0 Å². The van der Waals surface area contributed by atoms with Gasteiger partial charge < -0.3 is 0 Å². The number of hydrogen-bond acceptors (Lipinski definition) is 0. The number of hydrogen-bond donors (Lipinski definition) is 0. The Morgan fingerprint density at radius 3 is 2.00 bits per heavy atom. The van der Waals surface area contributed by atoms with Crippen molar-refractivity contribution in [2.24, 2.45) is 0 Å². The molecule has 0 aliphatic heterocycles. The molecule has 1 heteroatoms. The molecule has 0 aromatic carbocycles. The Hall–Kier alpha value is 0.935. The molecular formula is C3H8Hg. The van der Waals surface area contributed by atoms with Crippen LogP contribution in [0.15, 0.2) is 0 Å². The first-order chi connectivity index (χ1) is 1.91. The molecule has 4 heavy (non-hydrogen) atoms. The van der Waals surface area contributed by atoms with Crippen LogP contribution in [0.2, 0.25) is 8.36 Å². The Bertz CT molecular complexity index is 5.25. The normalized spacial score (nSPS) is 5.50. The summed E-state index contributed by atoms with van der Waals surface area (Å²) in [5.41, 5.74) is 0. The first-order valence-electron chi connectivity index (χ1n) is 1.91. The monoisotopic (exact) mass is 246 g/mol. The van der Waals surface area contributed by atoms with Gasteiger partial charge in [-0.25, -0.2) is 0 Å². The summed E-state index contributed by atoms with van der Waals surface area (Å²) >= 11 is -0.113. The van der Waals surface area contributed by atoms with Crippen LogP contribution in [0.25, 0.3) is 0 Å². The van der Waals surface area contributed by atoms with Gasteiger partial charge in [0.25, 0.3) is 0 Å². The predicted octanol–water partition coefficient (Wildman–Crippen LogP) is 1.56. The zero-order chi connectivity index (χ0) is 3.41. The zero-order valence-corrected chi connectivity index (χ0v) is 8.91. The van der Waals surface area contributed by atoms with Crippen LogP contribution in [-0.2, 0) is 24.6 Å². The zero-order valence-electron chi connectivity index (χ0n) is 3.41. The van der Waals surface area contributed by atoms with E-state index in [4.69, 9.17) is 0 Å². The predicted molar refractivity (Wildman–Crippen MR) is 16.3 cm³/mol. The van der Waals surface area contributed by atoms with E-state index in [0.717, 1.165) is 0 Å². The summed E-state index contributed by atoms with van der Waals surface area (Å²) in [5, 5.41) is 0. The third-order valence-electron chi connectivity index (χ3n) is 0.500. The van der Waals surface area contributed by atoms with Crippen LogP contribution in [0.4, 0.5) is 0 Å².